The predicted octanol–water partition coefficient (Wildman–Crippen LogP) is 7.79. The standard InChI is InChI=1S/C27H50O4/c1-7-9-11-13-15-17-19-25(27(29)31-21-23(5)6)24(18-16-14-12-10-8-2)26(28)30-20-22(3)4/h22-23H,7-21H2,1-6H3. The first-order valence-electron chi connectivity index (χ1n) is 12.9. The molecule has 0 aromatic rings. The molecule has 0 aliphatic heterocycles. The number of carbonyl (C=O) groups excluding carboxylic acids is 2. The van der Waals surface area contributed by atoms with Crippen LogP contribution in [0.4, 0.5) is 0 Å². The Labute approximate surface area is 192 Å². The molecule has 0 heterocycles. The van der Waals surface area contributed by atoms with Gasteiger partial charge in [-0.2, -0.15) is 0 Å². The van der Waals surface area contributed by atoms with Gasteiger partial charge in [-0.3, -0.25) is 0 Å². The molecule has 0 rings (SSSR count). The largest absolute Gasteiger partial charge is 0.462 e. The normalized spacial score (nSPS) is 12.3. The van der Waals surface area contributed by atoms with Gasteiger partial charge in [0.25, 0.3) is 0 Å². The number of unbranched alkanes of at least 4 members (excludes halogenated alkanes) is 9. The van der Waals surface area contributed by atoms with Crippen LogP contribution in [0.15, 0.2) is 11.1 Å². The summed E-state index contributed by atoms with van der Waals surface area (Å²) in [4.78, 5) is 25.9. The van der Waals surface area contributed by atoms with Crippen LogP contribution in [0.2, 0.25) is 0 Å². The minimum Gasteiger partial charge on any atom is -0.462 e. The van der Waals surface area contributed by atoms with Crippen molar-refractivity contribution in [3.05, 3.63) is 11.1 Å². The first-order valence-corrected chi connectivity index (χ1v) is 12.9. The Morgan fingerprint density at radius 1 is 0.548 bits per heavy atom. The van der Waals surface area contributed by atoms with Crippen molar-refractivity contribution in [2.24, 2.45) is 11.8 Å². The van der Waals surface area contributed by atoms with E-state index in [1.54, 1.807) is 0 Å². The van der Waals surface area contributed by atoms with Crippen LogP contribution >= 0.6 is 0 Å². The highest BCUT2D eigenvalue weighted by Gasteiger charge is 2.23. The Hall–Kier alpha value is -1.32. The molecule has 0 amide bonds. The van der Waals surface area contributed by atoms with Crippen LogP contribution in [-0.2, 0) is 19.1 Å². The van der Waals surface area contributed by atoms with Crippen LogP contribution < -0.4 is 0 Å². The van der Waals surface area contributed by atoms with Gasteiger partial charge < -0.3 is 9.47 Å². The maximum atomic E-state index is 12.9. The van der Waals surface area contributed by atoms with Crippen LogP contribution in [0.1, 0.15) is 125 Å². The van der Waals surface area contributed by atoms with E-state index in [4.69, 9.17) is 9.47 Å². The minimum absolute atomic E-state index is 0.268. The zero-order chi connectivity index (χ0) is 23.5. The average Bonchev–Trinajstić information content (AvgIpc) is 2.73. The molecule has 0 aromatic carbocycles. The van der Waals surface area contributed by atoms with Crippen molar-refractivity contribution >= 4 is 11.9 Å². The Balaban J connectivity index is 5.39. The fourth-order valence-electron chi connectivity index (χ4n) is 3.40. The molecule has 0 saturated heterocycles. The van der Waals surface area contributed by atoms with Gasteiger partial charge in [0, 0.05) is 11.1 Å². The molecular formula is C27H50O4. The highest BCUT2D eigenvalue weighted by Crippen LogP contribution is 2.23. The van der Waals surface area contributed by atoms with E-state index in [-0.39, 0.29) is 23.8 Å². The number of carbonyl (C=O) groups is 2. The van der Waals surface area contributed by atoms with Gasteiger partial charge in [0.2, 0.25) is 0 Å². The van der Waals surface area contributed by atoms with Crippen molar-refractivity contribution in [2.75, 3.05) is 13.2 Å². The molecule has 0 N–H and O–H groups in total. The van der Waals surface area contributed by atoms with Crippen LogP contribution in [0.25, 0.3) is 0 Å². The second-order valence-corrected chi connectivity index (χ2v) is 9.62. The number of rotatable bonds is 19. The number of hydrogen-bond acceptors (Lipinski definition) is 4. The third-order valence-corrected chi connectivity index (χ3v) is 5.26. The molecule has 4 heteroatoms. The lowest BCUT2D eigenvalue weighted by Gasteiger charge is -2.16. The highest BCUT2D eigenvalue weighted by atomic mass is 16.5. The maximum absolute atomic E-state index is 12.9. The zero-order valence-electron chi connectivity index (χ0n) is 21.4. The maximum Gasteiger partial charge on any atom is 0.334 e. The Morgan fingerprint density at radius 3 is 1.19 bits per heavy atom. The van der Waals surface area contributed by atoms with Gasteiger partial charge in [0.05, 0.1) is 13.2 Å². The van der Waals surface area contributed by atoms with Crippen LogP contribution in [0, 0.1) is 11.8 Å². The molecule has 0 spiro atoms. The summed E-state index contributed by atoms with van der Waals surface area (Å²) >= 11 is 0. The molecule has 182 valence electrons. The molecule has 4 nitrogen and oxygen atoms in total. The molecule has 0 fully saturated rings. The lowest BCUT2D eigenvalue weighted by atomic mass is 9.96. The summed E-state index contributed by atoms with van der Waals surface area (Å²) in [5.74, 6) is -0.117. The molecule has 0 aliphatic carbocycles. The average molecular weight is 439 g/mol. The molecule has 0 atom stereocenters. The van der Waals surface area contributed by atoms with E-state index < -0.39 is 0 Å². The summed E-state index contributed by atoms with van der Waals surface area (Å²) in [7, 11) is 0. The van der Waals surface area contributed by atoms with E-state index in [9.17, 15) is 9.59 Å². The SMILES string of the molecule is CCCCCCCCC(C(=O)OCC(C)C)=C(CCCCCCC)C(=O)OCC(C)C. The Morgan fingerprint density at radius 2 is 0.871 bits per heavy atom. The summed E-state index contributed by atoms with van der Waals surface area (Å²) in [6, 6.07) is 0. The van der Waals surface area contributed by atoms with E-state index in [2.05, 4.69) is 13.8 Å². The van der Waals surface area contributed by atoms with E-state index in [1.165, 1.54) is 38.5 Å². The lowest BCUT2D eigenvalue weighted by molar-refractivity contribution is -0.143. The molecule has 0 aliphatic rings. The molecule has 0 unspecified atom stereocenters. The van der Waals surface area contributed by atoms with Gasteiger partial charge in [-0.1, -0.05) is 99.3 Å². The Kier molecular flexibility index (Phi) is 18.5. The number of ether oxygens (including phenoxy) is 2. The van der Waals surface area contributed by atoms with Gasteiger partial charge >= 0.3 is 11.9 Å². The summed E-state index contributed by atoms with van der Waals surface area (Å²) in [6.07, 6.45) is 13.6. The van der Waals surface area contributed by atoms with Gasteiger partial charge in [0.15, 0.2) is 0 Å². The first-order chi connectivity index (χ1) is 14.8. The molecule has 0 bridgehead atoms. The molecular weight excluding hydrogens is 388 g/mol. The second-order valence-electron chi connectivity index (χ2n) is 9.62. The Bertz CT molecular complexity index is 505. The quantitative estimate of drug-likeness (QED) is 0.117. The fraction of sp³-hybridized carbons (Fsp3) is 0.852. The smallest absolute Gasteiger partial charge is 0.334 e. The van der Waals surface area contributed by atoms with Gasteiger partial charge in [-0.15, -0.1) is 0 Å². The minimum atomic E-state index is -0.327. The van der Waals surface area contributed by atoms with Crippen LogP contribution in [0.3, 0.4) is 0 Å². The second kappa shape index (κ2) is 19.4. The summed E-state index contributed by atoms with van der Waals surface area (Å²) in [5.41, 5.74) is 1.11. The topological polar surface area (TPSA) is 52.6 Å². The van der Waals surface area contributed by atoms with E-state index in [1.807, 2.05) is 27.7 Å². The van der Waals surface area contributed by atoms with Crippen molar-refractivity contribution in [1.82, 2.24) is 0 Å². The first kappa shape index (κ1) is 29.7. The van der Waals surface area contributed by atoms with Crippen molar-refractivity contribution in [1.29, 1.82) is 0 Å². The predicted molar refractivity (Wildman–Crippen MR) is 130 cm³/mol. The van der Waals surface area contributed by atoms with Crippen molar-refractivity contribution in [3.8, 4) is 0 Å². The van der Waals surface area contributed by atoms with E-state index in [0.29, 0.717) is 37.2 Å². The summed E-state index contributed by atoms with van der Waals surface area (Å²) in [6.45, 7) is 13.3. The molecule has 0 saturated carbocycles. The van der Waals surface area contributed by atoms with Gasteiger partial charge in [0.1, 0.15) is 0 Å². The van der Waals surface area contributed by atoms with Crippen molar-refractivity contribution in [3.63, 3.8) is 0 Å². The monoisotopic (exact) mass is 438 g/mol. The number of esters is 2. The summed E-state index contributed by atoms with van der Waals surface area (Å²) in [5, 5.41) is 0. The third kappa shape index (κ3) is 16.0. The van der Waals surface area contributed by atoms with E-state index in [0.717, 1.165) is 32.1 Å². The zero-order valence-corrected chi connectivity index (χ0v) is 21.4. The summed E-state index contributed by atoms with van der Waals surface area (Å²) < 4.78 is 11.1. The van der Waals surface area contributed by atoms with Crippen LogP contribution in [-0.4, -0.2) is 25.2 Å². The highest BCUT2D eigenvalue weighted by molar-refractivity contribution is 6.00. The molecule has 31 heavy (non-hydrogen) atoms. The molecule has 0 aromatic heterocycles. The van der Waals surface area contributed by atoms with Crippen LogP contribution in [0.5, 0.6) is 0 Å². The van der Waals surface area contributed by atoms with Crippen molar-refractivity contribution in [2.45, 2.75) is 125 Å². The van der Waals surface area contributed by atoms with Gasteiger partial charge in [-0.25, -0.2) is 9.59 Å². The molecule has 0 radical (unpaired) electrons. The van der Waals surface area contributed by atoms with E-state index >= 15 is 0 Å². The van der Waals surface area contributed by atoms with Gasteiger partial charge in [-0.05, 0) is 37.5 Å². The number of hydrogen-bond donors (Lipinski definition) is 0. The van der Waals surface area contributed by atoms with Crippen molar-refractivity contribution < 1.29 is 19.1 Å². The third-order valence-electron chi connectivity index (χ3n) is 5.26. The lowest BCUT2D eigenvalue weighted by Crippen LogP contribution is -2.20. The fourth-order valence-corrected chi connectivity index (χ4v) is 3.40.